The number of hydrogen-bond acceptors (Lipinski definition) is 3. The van der Waals surface area contributed by atoms with E-state index in [1.807, 2.05) is 0 Å². The van der Waals surface area contributed by atoms with Gasteiger partial charge >= 0.3 is 0 Å². The number of rotatable bonds is 7. The molecule has 90 heavy (non-hydrogen) atoms. The van der Waals surface area contributed by atoms with Crippen LogP contribution in [0.5, 0.6) is 0 Å². The van der Waals surface area contributed by atoms with Gasteiger partial charge in [0, 0.05) is 56.1 Å². The lowest BCUT2D eigenvalue weighted by molar-refractivity contribution is 0.590. The van der Waals surface area contributed by atoms with Gasteiger partial charge in [0.1, 0.15) is 0 Å². The van der Waals surface area contributed by atoms with Crippen LogP contribution in [0.2, 0.25) is 0 Å². The van der Waals surface area contributed by atoms with Gasteiger partial charge in [-0.15, -0.1) is 0 Å². The molecule has 1 unspecified atom stereocenters. The van der Waals surface area contributed by atoms with E-state index in [0.29, 0.717) is 0 Å². The van der Waals surface area contributed by atoms with Crippen molar-refractivity contribution >= 4 is 74.3 Å². The van der Waals surface area contributed by atoms with E-state index in [4.69, 9.17) is 0 Å². The zero-order chi connectivity index (χ0) is 60.2. The van der Waals surface area contributed by atoms with Gasteiger partial charge in [-0.3, -0.25) is 0 Å². The molecule has 3 nitrogen and oxygen atoms in total. The van der Waals surface area contributed by atoms with Gasteiger partial charge in [0.2, 0.25) is 0 Å². The Labute approximate surface area is 528 Å². The van der Waals surface area contributed by atoms with Gasteiger partial charge in [0.05, 0.1) is 28.2 Å². The summed E-state index contributed by atoms with van der Waals surface area (Å²) in [7, 11) is 0. The minimum Gasteiger partial charge on any atom is -0.310 e. The van der Waals surface area contributed by atoms with E-state index in [2.05, 4.69) is 347 Å². The monoisotopic (exact) mass is 1150 g/mol. The topological polar surface area (TPSA) is 9.72 Å². The van der Waals surface area contributed by atoms with Crippen molar-refractivity contribution in [3.63, 3.8) is 0 Å². The van der Waals surface area contributed by atoms with Crippen LogP contribution in [0.3, 0.4) is 0 Å². The van der Waals surface area contributed by atoms with Crippen LogP contribution in [0.4, 0.5) is 51.2 Å². The molecule has 0 saturated carbocycles. The average molecular weight is 1150 g/mol. The Balaban J connectivity index is 1.06. The van der Waals surface area contributed by atoms with E-state index in [1.54, 1.807) is 0 Å². The second-order valence-electron chi connectivity index (χ2n) is 26.7. The standard InChI is InChI=1S/C86H64BN3/c1-84(2,3)61-51-79-81-80(52-61)90(83-65(57-31-15-8-16-32-57)40-26-41-66(83)58-33-17-9-18-34-58)78-53-68-67-37-21-22-42-69(67)86-70-43-23-24-44-75(70)88(62-35-19-10-20-36-62)77-50-60(45-47-71(77)86)85(4,5)59-46-48-76(73(49-59)87(81)74(78)54-72(68)86)89(79)82-63(55-27-11-6-12-28-55)38-25-39-64(82)56-29-13-7-14-30-56/h6-54H,1-5H3. The molecule has 0 fully saturated rings. The summed E-state index contributed by atoms with van der Waals surface area (Å²) in [6.07, 6.45) is 0. The quantitative estimate of drug-likeness (QED) is 0.147. The van der Waals surface area contributed by atoms with E-state index in [1.165, 1.54) is 145 Å². The first kappa shape index (κ1) is 52.4. The molecule has 1 aliphatic carbocycles. The molecule has 19 rings (SSSR count). The average Bonchev–Trinajstić information content (AvgIpc) is 1.35. The lowest BCUT2D eigenvalue weighted by Gasteiger charge is -2.47. The SMILES string of the molecule is CC(C)(C)c1cc2c3c(c1)N(c1c(-c4ccccc4)cccc1-c1ccccc1)c1cc4c5cc1B3c1cc(ccc1N2c1c(-c2ccccc2)cccc1-c1ccccc1)C(C)(C)c1ccc2c(c1)N(c1ccccc1)c1ccccc1C52c1ccccc1-4. The Kier molecular flexibility index (Phi) is 11.3. The summed E-state index contributed by atoms with van der Waals surface area (Å²) in [6, 6.07) is 114. The van der Waals surface area contributed by atoms with Crippen LogP contribution in [-0.4, -0.2) is 6.71 Å². The van der Waals surface area contributed by atoms with Crippen LogP contribution in [-0.2, 0) is 16.2 Å². The summed E-state index contributed by atoms with van der Waals surface area (Å²) in [5, 5.41) is 0. The summed E-state index contributed by atoms with van der Waals surface area (Å²) in [5.41, 5.74) is 33.9. The van der Waals surface area contributed by atoms with Crippen molar-refractivity contribution in [1.82, 2.24) is 0 Å². The normalized spacial score (nSPS) is 15.7. The van der Waals surface area contributed by atoms with E-state index in [0.717, 1.165) is 17.1 Å². The van der Waals surface area contributed by atoms with Crippen LogP contribution in [0.1, 0.15) is 73.6 Å². The summed E-state index contributed by atoms with van der Waals surface area (Å²) in [5.74, 6) is 0. The van der Waals surface area contributed by atoms with E-state index >= 15 is 0 Å². The number of fused-ring (bicyclic) bond motifs is 4. The van der Waals surface area contributed by atoms with Gasteiger partial charge in [0.15, 0.2) is 0 Å². The predicted octanol–water partition coefficient (Wildman–Crippen LogP) is 20.5. The van der Waals surface area contributed by atoms with Crippen molar-refractivity contribution < 1.29 is 0 Å². The summed E-state index contributed by atoms with van der Waals surface area (Å²) >= 11 is 0. The first-order chi connectivity index (χ1) is 44.1. The van der Waals surface area contributed by atoms with Gasteiger partial charge in [-0.1, -0.05) is 283 Å². The molecule has 5 aliphatic heterocycles. The fourth-order valence-electron chi connectivity index (χ4n) is 16.3. The predicted molar refractivity (Wildman–Crippen MR) is 379 cm³/mol. The minimum absolute atomic E-state index is 0.204. The maximum atomic E-state index is 2.74. The molecule has 0 N–H and O–H groups in total. The zero-order valence-corrected chi connectivity index (χ0v) is 51.2. The molecule has 6 aliphatic rings. The van der Waals surface area contributed by atoms with Gasteiger partial charge < -0.3 is 14.7 Å². The fourth-order valence-corrected chi connectivity index (χ4v) is 16.3. The Morgan fingerprint density at radius 1 is 0.300 bits per heavy atom. The molecule has 0 saturated heterocycles. The van der Waals surface area contributed by atoms with Crippen LogP contribution in [0, 0.1) is 0 Å². The molecule has 8 bridgehead atoms. The van der Waals surface area contributed by atoms with Crippen LogP contribution in [0.15, 0.2) is 297 Å². The lowest BCUT2D eigenvalue weighted by atomic mass is 9.33. The molecular formula is C86H64BN3. The first-order valence-electron chi connectivity index (χ1n) is 31.9. The number of nitrogens with zero attached hydrogens (tertiary/aromatic N) is 3. The highest BCUT2D eigenvalue weighted by Gasteiger charge is 2.55. The van der Waals surface area contributed by atoms with Gasteiger partial charge in [0.25, 0.3) is 6.71 Å². The third-order valence-corrected chi connectivity index (χ3v) is 20.6. The highest BCUT2D eigenvalue weighted by atomic mass is 15.2. The summed E-state index contributed by atoms with van der Waals surface area (Å²) in [4.78, 5) is 7.99. The van der Waals surface area contributed by atoms with Crippen LogP contribution >= 0.6 is 0 Å². The minimum atomic E-state index is -0.697. The van der Waals surface area contributed by atoms with Crippen molar-refractivity contribution in [3.8, 4) is 55.6 Å². The summed E-state index contributed by atoms with van der Waals surface area (Å²) in [6.45, 7) is 11.9. The molecule has 0 aromatic heterocycles. The molecule has 426 valence electrons. The van der Waals surface area contributed by atoms with Gasteiger partial charge in [-0.25, -0.2) is 0 Å². The fraction of sp³-hybridized carbons (Fsp3) is 0.0930. The smallest absolute Gasteiger partial charge is 0.252 e. The Bertz CT molecular complexity index is 4970. The molecule has 4 heteroatoms. The lowest BCUT2D eigenvalue weighted by Crippen LogP contribution is -2.62. The second kappa shape index (κ2) is 19.4. The molecule has 13 aromatic rings. The van der Waals surface area contributed by atoms with E-state index in [9.17, 15) is 0 Å². The maximum Gasteiger partial charge on any atom is 0.252 e. The maximum absolute atomic E-state index is 2.74. The second-order valence-corrected chi connectivity index (χ2v) is 26.7. The van der Waals surface area contributed by atoms with Crippen molar-refractivity contribution in [2.24, 2.45) is 0 Å². The third kappa shape index (κ3) is 7.36. The zero-order valence-electron chi connectivity index (χ0n) is 51.2. The molecule has 5 heterocycles. The van der Waals surface area contributed by atoms with Crippen LogP contribution in [0.25, 0.3) is 55.6 Å². The molecule has 1 spiro atoms. The Morgan fingerprint density at radius 3 is 1.30 bits per heavy atom. The highest BCUT2D eigenvalue weighted by Crippen LogP contribution is 2.65. The molecule has 0 amide bonds. The highest BCUT2D eigenvalue weighted by molar-refractivity contribution is 7.00. The number of para-hydroxylation sites is 4. The molecular weight excluding hydrogens is 1090 g/mol. The van der Waals surface area contributed by atoms with Gasteiger partial charge in [-0.05, 0) is 143 Å². The van der Waals surface area contributed by atoms with E-state index in [-0.39, 0.29) is 12.1 Å². The van der Waals surface area contributed by atoms with Crippen molar-refractivity contribution in [2.45, 2.75) is 50.9 Å². The Hall–Kier alpha value is -10.7. The van der Waals surface area contributed by atoms with Gasteiger partial charge in [-0.2, -0.15) is 0 Å². The first-order valence-corrected chi connectivity index (χ1v) is 31.9. The Morgan fingerprint density at radius 2 is 0.744 bits per heavy atom. The van der Waals surface area contributed by atoms with Crippen molar-refractivity contribution in [1.29, 1.82) is 0 Å². The van der Waals surface area contributed by atoms with Crippen molar-refractivity contribution in [3.05, 3.63) is 336 Å². The molecule has 13 aromatic carbocycles. The number of benzene rings is 13. The number of anilines is 9. The van der Waals surface area contributed by atoms with Crippen molar-refractivity contribution in [2.75, 3.05) is 14.7 Å². The van der Waals surface area contributed by atoms with E-state index < -0.39 is 10.8 Å². The molecule has 1 atom stereocenters. The summed E-state index contributed by atoms with van der Waals surface area (Å²) < 4.78 is 0. The number of hydrogen-bond donors (Lipinski definition) is 0. The third-order valence-electron chi connectivity index (χ3n) is 20.6. The van der Waals surface area contributed by atoms with Crippen LogP contribution < -0.4 is 31.1 Å². The molecule has 0 radical (unpaired) electrons. The largest absolute Gasteiger partial charge is 0.310 e.